The molecule has 194 valence electrons. The number of nitrogens with one attached hydrogen (secondary N) is 2. The van der Waals surface area contributed by atoms with E-state index in [0.717, 1.165) is 17.8 Å². The van der Waals surface area contributed by atoms with Crippen LogP contribution in [0.3, 0.4) is 0 Å². The van der Waals surface area contributed by atoms with Crippen LogP contribution in [0.1, 0.15) is 77.6 Å². The Hall–Kier alpha value is -2.59. The molecule has 4 heteroatoms. The third-order valence-corrected chi connectivity index (χ3v) is 6.54. The lowest BCUT2D eigenvalue weighted by molar-refractivity contribution is 0.260. The van der Waals surface area contributed by atoms with E-state index in [1.54, 1.807) is 12.4 Å². The van der Waals surface area contributed by atoms with Crippen molar-refractivity contribution >= 4 is 5.69 Å². The van der Waals surface area contributed by atoms with E-state index in [9.17, 15) is 0 Å². The molecule has 0 spiro atoms. The van der Waals surface area contributed by atoms with Crippen molar-refractivity contribution in [3.05, 3.63) is 85.0 Å². The van der Waals surface area contributed by atoms with Gasteiger partial charge in [-0.3, -0.25) is 4.98 Å². The Morgan fingerprint density at radius 3 is 2.26 bits per heavy atom. The zero-order valence-corrected chi connectivity index (χ0v) is 23.9. The Labute approximate surface area is 215 Å². The smallest absolute Gasteiger partial charge is 0.0459 e. The quantitative estimate of drug-likeness (QED) is 0.451. The zero-order valence-electron chi connectivity index (χ0n) is 23.9. The summed E-state index contributed by atoms with van der Waals surface area (Å²) >= 11 is 0. The highest BCUT2D eigenvalue weighted by molar-refractivity contribution is 5.60. The number of benzene rings is 1. The predicted octanol–water partition coefficient (Wildman–Crippen LogP) is 7.50. The van der Waals surface area contributed by atoms with E-state index in [2.05, 4.69) is 95.7 Å². The number of nitrogens with zero attached hydrogens (tertiary/aromatic N) is 2. The average Bonchev–Trinajstić information content (AvgIpc) is 3.04. The van der Waals surface area contributed by atoms with Gasteiger partial charge in [0, 0.05) is 55.1 Å². The molecule has 0 saturated carbocycles. The van der Waals surface area contributed by atoms with Crippen molar-refractivity contribution < 1.29 is 0 Å². The maximum absolute atomic E-state index is 4.78. The summed E-state index contributed by atoms with van der Waals surface area (Å²) in [5.74, 6) is 0.286. The van der Waals surface area contributed by atoms with Gasteiger partial charge in [-0.2, -0.15) is 0 Å². The van der Waals surface area contributed by atoms with Crippen LogP contribution < -0.4 is 10.6 Å². The van der Waals surface area contributed by atoms with Gasteiger partial charge in [0.05, 0.1) is 0 Å². The van der Waals surface area contributed by atoms with Crippen LogP contribution >= 0.6 is 0 Å². The van der Waals surface area contributed by atoms with Crippen LogP contribution in [0.25, 0.3) is 0 Å². The number of aryl methyl sites for hydroxylation is 1. The zero-order chi connectivity index (χ0) is 26.8. The molecule has 0 aliphatic carbocycles. The second-order valence-corrected chi connectivity index (χ2v) is 10.8. The number of aromatic nitrogens is 1. The van der Waals surface area contributed by atoms with Crippen molar-refractivity contribution in [3.63, 3.8) is 0 Å². The van der Waals surface area contributed by atoms with Gasteiger partial charge in [-0.05, 0) is 67.4 Å². The molecule has 1 saturated heterocycles. The highest BCUT2D eigenvalue weighted by Gasteiger charge is 2.53. The van der Waals surface area contributed by atoms with Gasteiger partial charge in [-0.25, -0.2) is 0 Å². The van der Waals surface area contributed by atoms with E-state index in [1.807, 2.05) is 45.1 Å². The van der Waals surface area contributed by atoms with E-state index in [0.29, 0.717) is 12.1 Å². The van der Waals surface area contributed by atoms with E-state index in [4.69, 9.17) is 4.98 Å². The first-order valence-corrected chi connectivity index (χ1v) is 12.9. The number of rotatable bonds is 6. The molecule has 1 fully saturated rings. The van der Waals surface area contributed by atoms with Gasteiger partial charge in [0.25, 0.3) is 0 Å². The molecule has 0 bridgehead atoms. The predicted molar refractivity (Wildman–Crippen MR) is 155 cm³/mol. The summed E-state index contributed by atoms with van der Waals surface area (Å²) in [7, 11) is 3.88. The molecule has 1 aromatic carbocycles. The number of anilines is 1. The van der Waals surface area contributed by atoms with Crippen LogP contribution in [0.5, 0.6) is 0 Å². The number of pyridine rings is 1. The summed E-state index contributed by atoms with van der Waals surface area (Å²) < 4.78 is 0. The van der Waals surface area contributed by atoms with Gasteiger partial charge in [-0.15, -0.1) is 0 Å². The Balaban J connectivity index is 0.000000779. The van der Waals surface area contributed by atoms with Crippen molar-refractivity contribution in [1.82, 2.24) is 15.2 Å². The molecule has 4 nitrogen and oxygen atoms in total. The van der Waals surface area contributed by atoms with E-state index in [-0.39, 0.29) is 16.7 Å². The number of hydrogen-bond donors (Lipinski definition) is 2. The lowest BCUT2D eigenvalue weighted by Gasteiger charge is -2.40. The van der Waals surface area contributed by atoms with Gasteiger partial charge in [0.2, 0.25) is 0 Å². The van der Waals surface area contributed by atoms with Crippen molar-refractivity contribution in [2.45, 2.75) is 85.2 Å². The Morgan fingerprint density at radius 1 is 1.14 bits per heavy atom. The summed E-state index contributed by atoms with van der Waals surface area (Å²) in [6.45, 7) is 25.2. The van der Waals surface area contributed by atoms with Crippen LogP contribution in [0.4, 0.5) is 5.69 Å². The lowest BCUT2D eigenvalue weighted by Crippen LogP contribution is -2.43. The van der Waals surface area contributed by atoms with Crippen LogP contribution in [0.15, 0.2) is 68.2 Å². The van der Waals surface area contributed by atoms with Gasteiger partial charge < -0.3 is 15.5 Å². The van der Waals surface area contributed by atoms with E-state index in [1.165, 1.54) is 11.1 Å². The minimum absolute atomic E-state index is 0.0971. The monoisotopic (exact) mass is 478 g/mol. The first-order chi connectivity index (χ1) is 16.4. The summed E-state index contributed by atoms with van der Waals surface area (Å²) in [4.78, 5) is 6.66. The number of hydrogen-bond acceptors (Lipinski definition) is 4. The van der Waals surface area contributed by atoms with Crippen molar-refractivity contribution in [2.75, 3.05) is 19.4 Å². The Bertz CT molecular complexity index is 913. The lowest BCUT2D eigenvalue weighted by atomic mass is 9.64. The molecular weight excluding hydrogens is 428 g/mol. The molecule has 3 rings (SSSR count). The second-order valence-electron chi connectivity index (χ2n) is 10.8. The van der Waals surface area contributed by atoms with E-state index < -0.39 is 0 Å². The van der Waals surface area contributed by atoms with Crippen molar-refractivity contribution in [1.29, 1.82) is 0 Å². The molecule has 2 N–H and O–H groups in total. The fourth-order valence-electron chi connectivity index (χ4n) is 5.04. The SMILES string of the molecule is C=CN(C)C.C=CNc1cc(C)ccc1C1(C)C(c2ccccn2)C(C)N[C@@H]1CC(C)(C)C.CC. The molecule has 1 aliphatic rings. The summed E-state index contributed by atoms with van der Waals surface area (Å²) in [6, 6.07) is 13.7. The fourth-order valence-corrected chi connectivity index (χ4v) is 5.04. The molecule has 0 amide bonds. The second kappa shape index (κ2) is 13.5. The average molecular weight is 479 g/mol. The molecule has 3 unspecified atom stereocenters. The summed E-state index contributed by atoms with van der Waals surface area (Å²) in [5.41, 5.74) is 5.02. The van der Waals surface area contributed by atoms with Gasteiger partial charge in [0.15, 0.2) is 0 Å². The first-order valence-electron chi connectivity index (χ1n) is 12.9. The highest BCUT2D eigenvalue weighted by Crippen LogP contribution is 2.52. The van der Waals surface area contributed by atoms with Crippen LogP contribution in [0.2, 0.25) is 0 Å². The van der Waals surface area contributed by atoms with Crippen molar-refractivity contribution in [3.8, 4) is 0 Å². The molecule has 1 aliphatic heterocycles. The Morgan fingerprint density at radius 2 is 1.77 bits per heavy atom. The molecule has 0 radical (unpaired) electrons. The highest BCUT2D eigenvalue weighted by atomic mass is 15.0. The molecule has 2 aromatic rings. The molecule has 1 aromatic heterocycles. The third kappa shape index (κ3) is 7.96. The van der Waals surface area contributed by atoms with Crippen LogP contribution in [0, 0.1) is 12.3 Å². The fraction of sp³-hybridized carbons (Fsp3) is 0.516. The molecule has 2 heterocycles. The van der Waals surface area contributed by atoms with Crippen LogP contribution in [-0.4, -0.2) is 36.1 Å². The molecule has 35 heavy (non-hydrogen) atoms. The topological polar surface area (TPSA) is 40.2 Å². The maximum atomic E-state index is 4.78. The minimum Gasteiger partial charge on any atom is -0.384 e. The summed E-state index contributed by atoms with van der Waals surface area (Å²) in [6.07, 6.45) is 6.54. The van der Waals surface area contributed by atoms with Crippen LogP contribution in [-0.2, 0) is 5.41 Å². The van der Waals surface area contributed by atoms with Crippen molar-refractivity contribution in [2.24, 2.45) is 5.41 Å². The van der Waals surface area contributed by atoms with Gasteiger partial charge in [-0.1, -0.05) is 72.9 Å². The maximum Gasteiger partial charge on any atom is 0.0459 e. The molecular formula is C31H50N4. The van der Waals surface area contributed by atoms with Gasteiger partial charge >= 0.3 is 0 Å². The minimum atomic E-state index is -0.0971. The first kappa shape index (κ1) is 30.4. The standard InChI is InChI=1S/C25H35N3.C4H9N.C2H6/c1-8-26-21-15-17(2)12-13-19(21)25(7)22(16-24(4,5)6)28-18(3)23(25)20-11-9-10-14-27-20;1-4-5(2)3;1-2/h8-15,18,22-23,26,28H,1,16H2,2-7H3;4H,1H2,2-3H3;1-2H3/t18?,22-,23?,25?;;/m1../s1. The Kier molecular flexibility index (Phi) is 11.7. The molecule has 4 atom stereocenters. The van der Waals surface area contributed by atoms with E-state index >= 15 is 0 Å². The summed E-state index contributed by atoms with van der Waals surface area (Å²) in [5, 5.41) is 7.34. The largest absolute Gasteiger partial charge is 0.384 e. The normalized spacial score (nSPS) is 23.2. The third-order valence-electron chi connectivity index (χ3n) is 6.54. The van der Waals surface area contributed by atoms with Gasteiger partial charge in [0.1, 0.15) is 0 Å².